The number of piperazine rings is 1. The number of hydrogen-bond acceptors (Lipinski definition) is 4. The maximum Gasteiger partial charge on any atom is 0.248 e. The monoisotopic (exact) mass is 298 g/mol. The number of hydrogen-bond donors (Lipinski definition) is 1. The second kappa shape index (κ2) is 7.56. The van der Waals surface area contributed by atoms with Crippen molar-refractivity contribution in [2.24, 2.45) is 11.8 Å². The summed E-state index contributed by atoms with van der Waals surface area (Å²) in [7, 11) is 1.83. The Labute approximate surface area is 128 Å². The second-order valence-corrected chi connectivity index (χ2v) is 6.73. The summed E-state index contributed by atoms with van der Waals surface area (Å²) in [6, 6.07) is 0.483. The number of carbonyl (C=O) groups excluding carboxylic acids is 1. The van der Waals surface area contributed by atoms with E-state index in [-0.39, 0.29) is 12.5 Å². The molecular weight excluding hydrogens is 268 g/mol. The van der Waals surface area contributed by atoms with Crippen LogP contribution in [0.15, 0.2) is 0 Å². The lowest BCUT2D eigenvalue weighted by atomic mass is 9.77. The minimum Gasteiger partial charge on any atom is -0.387 e. The molecule has 2 rings (SSSR count). The molecule has 2 fully saturated rings. The van der Waals surface area contributed by atoms with Crippen LogP contribution in [0.2, 0.25) is 0 Å². The van der Waals surface area contributed by atoms with Gasteiger partial charge in [0, 0.05) is 39.3 Å². The normalized spacial score (nSPS) is 31.7. The van der Waals surface area contributed by atoms with Gasteiger partial charge in [-0.3, -0.25) is 9.69 Å². The van der Waals surface area contributed by atoms with Crippen molar-refractivity contribution in [2.75, 3.05) is 39.9 Å². The van der Waals surface area contributed by atoms with Crippen molar-refractivity contribution in [3.8, 4) is 0 Å². The van der Waals surface area contributed by atoms with Crippen LogP contribution in [0.5, 0.6) is 0 Å². The predicted octanol–water partition coefficient (Wildman–Crippen LogP) is 0.963. The molecule has 3 atom stereocenters. The minimum absolute atomic E-state index is 0.151. The Balaban J connectivity index is 1.89. The fraction of sp³-hybridized carbons (Fsp3) is 0.938. The minimum atomic E-state index is -0.375. The van der Waals surface area contributed by atoms with Crippen molar-refractivity contribution < 1.29 is 14.6 Å². The topological polar surface area (TPSA) is 53.0 Å². The summed E-state index contributed by atoms with van der Waals surface area (Å²) >= 11 is 0. The largest absolute Gasteiger partial charge is 0.387 e. The van der Waals surface area contributed by atoms with Crippen LogP contribution in [-0.2, 0) is 9.53 Å². The molecule has 2 aliphatic rings. The number of carbonyl (C=O) groups is 1. The van der Waals surface area contributed by atoms with Gasteiger partial charge in [-0.05, 0) is 31.1 Å². The molecule has 0 radical (unpaired) electrons. The zero-order valence-electron chi connectivity index (χ0n) is 13.6. The first-order chi connectivity index (χ1) is 10.1. The number of aliphatic hydroxyl groups excluding tert-OH is 1. The van der Waals surface area contributed by atoms with Crippen LogP contribution < -0.4 is 0 Å². The van der Waals surface area contributed by atoms with E-state index in [0.717, 1.165) is 44.4 Å². The third-order valence-corrected chi connectivity index (χ3v) is 5.31. The highest BCUT2D eigenvalue weighted by molar-refractivity contribution is 5.77. The Morgan fingerprint density at radius 3 is 2.43 bits per heavy atom. The number of rotatable bonds is 4. The Bertz CT molecular complexity index is 340. The SMILES string of the molecule is COC1CC(C(C)C)CCC1N1CCN(C(=O)CO)CC1. The van der Waals surface area contributed by atoms with E-state index in [9.17, 15) is 4.79 Å². The highest BCUT2D eigenvalue weighted by Gasteiger charge is 2.36. The van der Waals surface area contributed by atoms with Crippen molar-refractivity contribution >= 4 is 5.91 Å². The molecule has 122 valence electrons. The Morgan fingerprint density at radius 2 is 1.90 bits per heavy atom. The Morgan fingerprint density at radius 1 is 1.24 bits per heavy atom. The van der Waals surface area contributed by atoms with E-state index >= 15 is 0 Å². The van der Waals surface area contributed by atoms with E-state index in [1.165, 1.54) is 12.8 Å². The molecule has 0 spiro atoms. The Kier molecular flexibility index (Phi) is 6.02. The van der Waals surface area contributed by atoms with Crippen LogP contribution in [0.1, 0.15) is 33.1 Å². The van der Waals surface area contributed by atoms with E-state index in [1.807, 2.05) is 7.11 Å². The lowest BCUT2D eigenvalue weighted by Gasteiger charge is -2.45. The lowest BCUT2D eigenvalue weighted by Crippen LogP contribution is -2.56. The van der Waals surface area contributed by atoms with Crippen LogP contribution in [0.3, 0.4) is 0 Å². The summed E-state index contributed by atoms with van der Waals surface area (Å²) in [6.07, 6.45) is 3.92. The van der Waals surface area contributed by atoms with Crippen molar-refractivity contribution in [2.45, 2.75) is 45.3 Å². The summed E-state index contributed by atoms with van der Waals surface area (Å²) in [6.45, 7) is 7.46. The van der Waals surface area contributed by atoms with Crippen molar-refractivity contribution in [1.29, 1.82) is 0 Å². The summed E-state index contributed by atoms with van der Waals surface area (Å²) < 4.78 is 5.77. The van der Waals surface area contributed by atoms with Crippen LogP contribution in [-0.4, -0.2) is 72.9 Å². The van der Waals surface area contributed by atoms with Gasteiger partial charge in [0.15, 0.2) is 0 Å². The predicted molar refractivity (Wildman–Crippen MR) is 82.0 cm³/mol. The fourth-order valence-electron chi connectivity index (χ4n) is 3.82. The molecule has 1 aliphatic carbocycles. The number of methoxy groups -OCH3 is 1. The fourth-order valence-corrected chi connectivity index (χ4v) is 3.82. The first-order valence-electron chi connectivity index (χ1n) is 8.22. The van der Waals surface area contributed by atoms with Gasteiger partial charge in [-0.15, -0.1) is 0 Å². The van der Waals surface area contributed by atoms with Gasteiger partial charge < -0.3 is 14.7 Å². The summed E-state index contributed by atoms with van der Waals surface area (Å²) in [5.41, 5.74) is 0. The molecule has 0 aromatic heterocycles. The van der Waals surface area contributed by atoms with Gasteiger partial charge >= 0.3 is 0 Å². The molecule has 0 bridgehead atoms. The van der Waals surface area contributed by atoms with Gasteiger partial charge in [-0.1, -0.05) is 13.8 Å². The number of nitrogens with zero attached hydrogens (tertiary/aromatic N) is 2. The van der Waals surface area contributed by atoms with Gasteiger partial charge in [0.25, 0.3) is 0 Å². The summed E-state index contributed by atoms with van der Waals surface area (Å²) in [5, 5.41) is 8.94. The molecule has 5 heteroatoms. The van der Waals surface area contributed by atoms with Crippen molar-refractivity contribution in [3.63, 3.8) is 0 Å². The van der Waals surface area contributed by atoms with Crippen LogP contribution in [0.25, 0.3) is 0 Å². The van der Waals surface area contributed by atoms with E-state index < -0.39 is 0 Å². The standard InChI is InChI=1S/C16H30N2O3/c1-12(2)13-4-5-14(15(10-13)21-3)17-6-8-18(9-7-17)16(20)11-19/h12-15,19H,4-11H2,1-3H3. The summed E-state index contributed by atoms with van der Waals surface area (Å²) in [5.74, 6) is 1.34. The van der Waals surface area contributed by atoms with Gasteiger partial charge in [0.2, 0.25) is 5.91 Å². The molecule has 5 nitrogen and oxygen atoms in total. The highest BCUT2D eigenvalue weighted by Crippen LogP contribution is 2.34. The Hall–Kier alpha value is -0.650. The van der Waals surface area contributed by atoms with E-state index in [4.69, 9.17) is 9.84 Å². The second-order valence-electron chi connectivity index (χ2n) is 6.73. The van der Waals surface area contributed by atoms with E-state index in [2.05, 4.69) is 18.7 Å². The molecule has 1 amide bonds. The van der Waals surface area contributed by atoms with Gasteiger partial charge in [-0.25, -0.2) is 0 Å². The van der Waals surface area contributed by atoms with Crippen LogP contribution >= 0.6 is 0 Å². The number of ether oxygens (including phenoxy) is 1. The smallest absolute Gasteiger partial charge is 0.248 e. The van der Waals surface area contributed by atoms with E-state index in [1.54, 1.807) is 4.90 Å². The number of amides is 1. The molecule has 3 unspecified atom stereocenters. The molecule has 0 aromatic rings. The van der Waals surface area contributed by atoms with Crippen LogP contribution in [0.4, 0.5) is 0 Å². The first-order valence-corrected chi connectivity index (χ1v) is 8.22. The molecule has 21 heavy (non-hydrogen) atoms. The maximum atomic E-state index is 11.5. The first kappa shape index (κ1) is 16.7. The van der Waals surface area contributed by atoms with Gasteiger partial charge in [0.05, 0.1) is 6.10 Å². The molecule has 1 aliphatic heterocycles. The van der Waals surface area contributed by atoms with Crippen molar-refractivity contribution in [3.05, 3.63) is 0 Å². The highest BCUT2D eigenvalue weighted by atomic mass is 16.5. The molecule has 0 aromatic carbocycles. The zero-order valence-corrected chi connectivity index (χ0v) is 13.6. The molecule has 1 saturated carbocycles. The molecular formula is C16H30N2O3. The third kappa shape index (κ3) is 3.96. The van der Waals surface area contributed by atoms with Gasteiger partial charge in [-0.2, -0.15) is 0 Å². The average Bonchev–Trinajstić information content (AvgIpc) is 2.53. The molecule has 1 saturated heterocycles. The van der Waals surface area contributed by atoms with Crippen molar-refractivity contribution in [1.82, 2.24) is 9.80 Å². The third-order valence-electron chi connectivity index (χ3n) is 5.31. The number of aliphatic hydroxyl groups is 1. The van der Waals surface area contributed by atoms with Gasteiger partial charge in [0.1, 0.15) is 6.61 Å². The molecule has 1 heterocycles. The lowest BCUT2D eigenvalue weighted by molar-refractivity contribution is -0.137. The zero-order chi connectivity index (χ0) is 15.4. The van der Waals surface area contributed by atoms with Crippen LogP contribution in [0, 0.1) is 11.8 Å². The quantitative estimate of drug-likeness (QED) is 0.840. The molecule has 1 N–H and O–H groups in total. The maximum absolute atomic E-state index is 11.5. The van der Waals surface area contributed by atoms with E-state index in [0.29, 0.717) is 12.1 Å². The summed E-state index contributed by atoms with van der Waals surface area (Å²) in [4.78, 5) is 15.8. The average molecular weight is 298 g/mol.